The number of hydrogen-bond donors (Lipinski definition) is 1. The Labute approximate surface area is 122 Å². The van der Waals surface area contributed by atoms with E-state index in [1.54, 1.807) is 12.1 Å². The van der Waals surface area contributed by atoms with E-state index in [0.29, 0.717) is 11.4 Å². The molecule has 1 amide bonds. The number of carbonyl (C=O) groups excluding carboxylic acids is 1. The largest absolute Gasteiger partial charge is 0.340 e. The fraction of sp³-hybridized carbons (Fsp3) is 0.118. The van der Waals surface area contributed by atoms with Crippen molar-refractivity contribution < 1.29 is 9.18 Å². The molecule has 0 saturated carbocycles. The van der Waals surface area contributed by atoms with Crippen molar-refractivity contribution >= 4 is 22.5 Å². The number of aryl methyl sites for hydroxylation is 2. The third kappa shape index (κ3) is 2.52. The Kier molecular flexibility index (Phi) is 3.22. The minimum atomic E-state index is -0.326. The summed E-state index contributed by atoms with van der Waals surface area (Å²) in [6, 6.07) is 13.6. The van der Waals surface area contributed by atoms with Gasteiger partial charge in [0.05, 0.1) is 0 Å². The highest BCUT2D eigenvalue weighted by atomic mass is 19.1. The van der Waals surface area contributed by atoms with Crippen LogP contribution in [-0.4, -0.2) is 10.5 Å². The van der Waals surface area contributed by atoms with E-state index in [4.69, 9.17) is 0 Å². The van der Waals surface area contributed by atoms with Crippen LogP contribution in [0.15, 0.2) is 48.5 Å². The number of hydrogen-bond acceptors (Lipinski definition) is 1. The first-order valence-corrected chi connectivity index (χ1v) is 6.67. The molecule has 0 aliphatic carbocycles. The fourth-order valence-electron chi connectivity index (χ4n) is 2.42. The van der Waals surface area contributed by atoms with Crippen molar-refractivity contribution in [1.82, 2.24) is 4.57 Å². The number of amides is 1. The summed E-state index contributed by atoms with van der Waals surface area (Å²) < 4.78 is 14.7. The summed E-state index contributed by atoms with van der Waals surface area (Å²) in [4.78, 5) is 12.3. The third-order valence-corrected chi connectivity index (χ3v) is 3.53. The number of nitrogens with zero attached hydrogens (tertiary/aromatic N) is 1. The molecule has 2 aromatic carbocycles. The highest BCUT2D eigenvalue weighted by Crippen LogP contribution is 2.21. The zero-order chi connectivity index (χ0) is 15.0. The van der Waals surface area contributed by atoms with E-state index in [1.807, 2.05) is 42.8 Å². The second-order valence-electron chi connectivity index (χ2n) is 5.11. The van der Waals surface area contributed by atoms with Crippen molar-refractivity contribution in [2.45, 2.75) is 6.92 Å². The molecule has 0 unspecified atom stereocenters. The number of anilines is 1. The molecule has 1 heterocycles. The number of nitrogens with one attached hydrogen (secondary N) is 1. The maximum Gasteiger partial charge on any atom is 0.272 e. The first-order valence-electron chi connectivity index (χ1n) is 6.67. The van der Waals surface area contributed by atoms with Gasteiger partial charge in [0.25, 0.3) is 5.91 Å². The van der Waals surface area contributed by atoms with Gasteiger partial charge in [0.1, 0.15) is 11.5 Å². The molecule has 0 fully saturated rings. The number of aromatic nitrogens is 1. The molecule has 106 valence electrons. The minimum Gasteiger partial charge on any atom is -0.340 e. The molecule has 21 heavy (non-hydrogen) atoms. The summed E-state index contributed by atoms with van der Waals surface area (Å²) in [7, 11) is 1.86. The van der Waals surface area contributed by atoms with Crippen molar-refractivity contribution in [3.63, 3.8) is 0 Å². The Hall–Kier alpha value is -2.62. The van der Waals surface area contributed by atoms with Gasteiger partial charge in [0, 0.05) is 23.6 Å². The van der Waals surface area contributed by atoms with Gasteiger partial charge in [-0.2, -0.15) is 0 Å². The van der Waals surface area contributed by atoms with Crippen molar-refractivity contribution in [1.29, 1.82) is 0 Å². The van der Waals surface area contributed by atoms with Crippen LogP contribution < -0.4 is 5.32 Å². The molecule has 0 aliphatic heterocycles. The number of halogens is 1. The predicted octanol–water partition coefficient (Wildman–Crippen LogP) is 3.88. The van der Waals surface area contributed by atoms with Gasteiger partial charge >= 0.3 is 0 Å². The molecular weight excluding hydrogens is 267 g/mol. The summed E-state index contributed by atoms with van der Waals surface area (Å²) in [5.41, 5.74) is 3.30. The molecule has 3 nitrogen and oxygen atoms in total. The lowest BCUT2D eigenvalue weighted by molar-refractivity contribution is 0.101. The Morgan fingerprint density at radius 1 is 1.10 bits per heavy atom. The lowest BCUT2D eigenvalue weighted by Crippen LogP contribution is -2.15. The Morgan fingerprint density at radius 3 is 2.52 bits per heavy atom. The van der Waals surface area contributed by atoms with Crippen LogP contribution >= 0.6 is 0 Å². The first-order chi connectivity index (χ1) is 10.0. The average molecular weight is 282 g/mol. The summed E-state index contributed by atoms with van der Waals surface area (Å²) in [6.07, 6.45) is 0. The summed E-state index contributed by atoms with van der Waals surface area (Å²) >= 11 is 0. The van der Waals surface area contributed by atoms with E-state index in [2.05, 4.69) is 5.32 Å². The molecule has 3 aromatic rings. The van der Waals surface area contributed by atoms with Gasteiger partial charge in [-0.05, 0) is 49.4 Å². The zero-order valence-electron chi connectivity index (χ0n) is 11.9. The molecule has 1 aromatic heterocycles. The summed E-state index contributed by atoms with van der Waals surface area (Å²) in [5.74, 6) is -0.536. The number of carbonyl (C=O) groups is 1. The third-order valence-electron chi connectivity index (χ3n) is 3.53. The highest BCUT2D eigenvalue weighted by Gasteiger charge is 2.13. The second-order valence-corrected chi connectivity index (χ2v) is 5.11. The van der Waals surface area contributed by atoms with Crippen LogP contribution in [-0.2, 0) is 7.05 Å². The predicted molar refractivity (Wildman–Crippen MR) is 82.0 cm³/mol. The molecule has 0 spiro atoms. The van der Waals surface area contributed by atoms with Gasteiger partial charge in [-0.25, -0.2) is 4.39 Å². The van der Waals surface area contributed by atoms with Crippen molar-refractivity contribution in [2.75, 3.05) is 5.32 Å². The Balaban J connectivity index is 1.94. The SMILES string of the molecule is Cc1ccc2c(c1)cc(C(=O)Nc1ccc(F)cc1)n2C. The molecule has 0 bridgehead atoms. The zero-order valence-corrected chi connectivity index (χ0v) is 11.9. The molecule has 0 radical (unpaired) electrons. The van der Waals surface area contributed by atoms with Crippen molar-refractivity contribution in [3.05, 3.63) is 65.6 Å². The quantitative estimate of drug-likeness (QED) is 0.760. The molecule has 0 atom stereocenters. The monoisotopic (exact) mass is 282 g/mol. The van der Waals surface area contributed by atoms with Gasteiger partial charge in [-0.15, -0.1) is 0 Å². The maximum absolute atomic E-state index is 12.9. The average Bonchev–Trinajstić information content (AvgIpc) is 2.78. The molecular formula is C17H15FN2O. The van der Waals surface area contributed by atoms with Gasteiger partial charge in [0.15, 0.2) is 0 Å². The fourth-order valence-corrected chi connectivity index (χ4v) is 2.42. The van der Waals surface area contributed by atoms with Gasteiger partial charge in [-0.1, -0.05) is 11.6 Å². The maximum atomic E-state index is 12.9. The van der Waals surface area contributed by atoms with Crippen LogP contribution in [0.5, 0.6) is 0 Å². The van der Waals surface area contributed by atoms with E-state index in [-0.39, 0.29) is 11.7 Å². The van der Waals surface area contributed by atoms with E-state index in [1.165, 1.54) is 12.1 Å². The van der Waals surface area contributed by atoms with Gasteiger partial charge in [-0.3, -0.25) is 4.79 Å². The lowest BCUT2D eigenvalue weighted by atomic mass is 10.2. The van der Waals surface area contributed by atoms with E-state index >= 15 is 0 Å². The number of benzene rings is 2. The number of rotatable bonds is 2. The summed E-state index contributed by atoms with van der Waals surface area (Å²) in [6.45, 7) is 2.02. The molecule has 4 heteroatoms. The molecule has 0 saturated heterocycles. The highest BCUT2D eigenvalue weighted by molar-refractivity contribution is 6.06. The normalized spacial score (nSPS) is 10.8. The standard InChI is InChI=1S/C17H15FN2O/c1-11-3-8-15-12(9-11)10-16(20(15)2)17(21)19-14-6-4-13(18)5-7-14/h3-10H,1-2H3,(H,19,21). The second kappa shape index (κ2) is 5.05. The smallest absolute Gasteiger partial charge is 0.272 e. The van der Waals surface area contributed by atoms with Crippen LogP contribution in [0, 0.1) is 12.7 Å². The minimum absolute atomic E-state index is 0.210. The van der Waals surface area contributed by atoms with Gasteiger partial charge < -0.3 is 9.88 Å². The Morgan fingerprint density at radius 2 is 1.81 bits per heavy atom. The van der Waals surface area contributed by atoms with Crippen molar-refractivity contribution in [3.8, 4) is 0 Å². The van der Waals surface area contributed by atoms with Crippen LogP contribution in [0.3, 0.4) is 0 Å². The topological polar surface area (TPSA) is 34.0 Å². The lowest BCUT2D eigenvalue weighted by Gasteiger charge is -2.06. The summed E-state index contributed by atoms with van der Waals surface area (Å²) in [5, 5.41) is 3.80. The van der Waals surface area contributed by atoms with Crippen LogP contribution in [0.2, 0.25) is 0 Å². The number of fused-ring (bicyclic) bond motifs is 1. The van der Waals surface area contributed by atoms with Crippen molar-refractivity contribution in [2.24, 2.45) is 7.05 Å². The molecule has 3 rings (SSSR count). The van der Waals surface area contributed by atoms with Gasteiger partial charge in [0.2, 0.25) is 0 Å². The van der Waals surface area contributed by atoms with Crippen LogP contribution in [0.4, 0.5) is 10.1 Å². The van der Waals surface area contributed by atoms with Crippen LogP contribution in [0.1, 0.15) is 16.1 Å². The molecule has 0 aliphatic rings. The van der Waals surface area contributed by atoms with Crippen LogP contribution in [0.25, 0.3) is 10.9 Å². The van der Waals surface area contributed by atoms with E-state index < -0.39 is 0 Å². The Bertz CT molecular complexity index is 819. The molecule has 1 N–H and O–H groups in total. The van der Waals surface area contributed by atoms with E-state index in [0.717, 1.165) is 16.5 Å². The first kappa shape index (κ1) is 13.4. The van der Waals surface area contributed by atoms with E-state index in [9.17, 15) is 9.18 Å².